The Balaban J connectivity index is 2.54. The molecule has 15 heavy (non-hydrogen) atoms. The molecule has 0 aliphatic carbocycles. The predicted octanol–water partition coefficient (Wildman–Crippen LogP) is 1.73. The van der Waals surface area contributed by atoms with Gasteiger partial charge in [0.1, 0.15) is 5.75 Å². The van der Waals surface area contributed by atoms with Crippen LogP contribution in [0.25, 0.3) is 0 Å². The maximum absolute atomic E-state index is 9.34. The maximum atomic E-state index is 9.34. The lowest BCUT2D eigenvalue weighted by molar-refractivity contribution is -0.0914. The molecular weight excluding hydrogens is 194 g/mol. The number of hydrogen-bond donors (Lipinski definition) is 2. The third kappa shape index (κ3) is 3.42. The first-order valence-electron chi connectivity index (χ1n) is 4.76. The number of ether oxygens (including phenoxy) is 2. The van der Waals surface area contributed by atoms with Crippen LogP contribution in [0.15, 0.2) is 18.2 Å². The van der Waals surface area contributed by atoms with Crippen LogP contribution in [-0.4, -0.2) is 32.2 Å². The topological polar surface area (TPSA) is 50.7 Å². The van der Waals surface area contributed by atoms with Crippen LogP contribution in [0.3, 0.4) is 0 Å². The van der Waals surface area contributed by atoms with E-state index in [0.717, 1.165) is 11.3 Å². The average molecular weight is 211 g/mol. The summed E-state index contributed by atoms with van der Waals surface area (Å²) in [5.41, 5.74) is 1.77. The fourth-order valence-corrected chi connectivity index (χ4v) is 1.23. The summed E-state index contributed by atoms with van der Waals surface area (Å²) in [6, 6.07) is 5.34. The first-order valence-corrected chi connectivity index (χ1v) is 4.76. The van der Waals surface area contributed by atoms with Gasteiger partial charge < -0.3 is 19.9 Å². The highest BCUT2D eigenvalue weighted by molar-refractivity contribution is 5.50. The van der Waals surface area contributed by atoms with Gasteiger partial charge in [-0.05, 0) is 30.7 Å². The third-order valence-electron chi connectivity index (χ3n) is 2.20. The summed E-state index contributed by atoms with van der Waals surface area (Å²) in [6.07, 6.45) is -0.265. The fraction of sp³-hybridized carbons (Fsp3) is 0.455. The second kappa shape index (κ2) is 5.58. The fourth-order valence-electron chi connectivity index (χ4n) is 1.23. The Labute approximate surface area is 89.8 Å². The largest absolute Gasteiger partial charge is 0.508 e. The average Bonchev–Trinajstić information content (AvgIpc) is 2.24. The third-order valence-corrected chi connectivity index (χ3v) is 2.20. The number of aromatic hydroxyl groups is 1. The molecule has 0 bridgehead atoms. The molecule has 4 heteroatoms. The molecule has 0 heterocycles. The number of methoxy groups -OCH3 is 2. The minimum Gasteiger partial charge on any atom is -0.508 e. The second-order valence-corrected chi connectivity index (χ2v) is 3.28. The molecule has 0 atom stereocenters. The summed E-state index contributed by atoms with van der Waals surface area (Å²) >= 11 is 0. The minimum atomic E-state index is -0.265. The van der Waals surface area contributed by atoms with Gasteiger partial charge in [0.15, 0.2) is 6.29 Å². The van der Waals surface area contributed by atoms with Crippen LogP contribution in [0.1, 0.15) is 5.56 Å². The normalized spacial score (nSPS) is 10.7. The molecule has 0 aliphatic heterocycles. The Morgan fingerprint density at radius 3 is 2.53 bits per heavy atom. The van der Waals surface area contributed by atoms with Crippen LogP contribution in [0.2, 0.25) is 0 Å². The molecule has 0 saturated heterocycles. The Bertz CT molecular complexity index is 311. The number of anilines is 1. The molecule has 4 nitrogen and oxygen atoms in total. The molecule has 1 rings (SSSR count). The predicted molar refractivity (Wildman–Crippen MR) is 59.1 cm³/mol. The number of aryl methyl sites for hydroxylation is 1. The van der Waals surface area contributed by atoms with Crippen LogP contribution >= 0.6 is 0 Å². The van der Waals surface area contributed by atoms with Crippen molar-refractivity contribution >= 4 is 5.69 Å². The zero-order valence-corrected chi connectivity index (χ0v) is 9.28. The van der Waals surface area contributed by atoms with Crippen LogP contribution < -0.4 is 5.32 Å². The van der Waals surface area contributed by atoms with E-state index in [1.807, 2.05) is 19.1 Å². The SMILES string of the molecule is COC(CNc1ccc(O)c(C)c1)OC. The van der Waals surface area contributed by atoms with Gasteiger partial charge in [-0.1, -0.05) is 0 Å². The number of phenolic OH excluding ortho intramolecular Hbond substituents is 1. The molecule has 84 valence electrons. The summed E-state index contributed by atoms with van der Waals surface area (Å²) in [4.78, 5) is 0. The molecule has 1 aromatic carbocycles. The number of benzene rings is 1. The molecule has 0 aliphatic rings. The minimum absolute atomic E-state index is 0.265. The quantitative estimate of drug-likeness (QED) is 0.575. The van der Waals surface area contributed by atoms with E-state index in [9.17, 15) is 5.11 Å². The lowest BCUT2D eigenvalue weighted by atomic mass is 10.2. The maximum Gasteiger partial charge on any atom is 0.173 e. The van der Waals surface area contributed by atoms with Crippen LogP contribution in [-0.2, 0) is 9.47 Å². The first-order chi connectivity index (χ1) is 7.17. The van der Waals surface area contributed by atoms with Crippen molar-refractivity contribution in [2.24, 2.45) is 0 Å². The lowest BCUT2D eigenvalue weighted by Crippen LogP contribution is -2.23. The van der Waals surface area contributed by atoms with Gasteiger partial charge in [0.05, 0.1) is 6.54 Å². The van der Waals surface area contributed by atoms with E-state index in [1.54, 1.807) is 20.3 Å². The molecule has 0 amide bonds. The summed E-state index contributed by atoms with van der Waals surface area (Å²) in [7, 11) is 3.19. The van der Waals surface area contributed by atoms with E-state index >= 15 is 0 Å². The van der Waals surface area contributed by atoms with Crippen molar-refractivity contribution in [3.8, 4) is 5.75 Å². The highest BCUT2D eigenvalue weighted by atomic mass is 16.7. The summed E-state index contributed by atoms with van der Waals surface area (Å²) in [5, 5.41) is 12.5. The first kappa shape index (κ1) is 11.8. The van der Waals surface area contributed by atoms with E-state index in [-0.39, 0.29) is 6.29 Å². The van der Waals surface area contributed by atoms with Gasteiger partial charge in [-0.15, -0.1) is 0 Å². The van der Waals surface area contributed by atoms with Crippen LogP contribution in [0, 0.1) is 6.92 Å². The Morgan fingerprint density at radius 1 is 1.33 bits per heavy atom. The number of rotatable bonds is 5. The smallest absolute Gasteiger partial charge is 0.173 e. The Hall–Kier alpha value is -1.26. The molecule has 0 radical (unpaired) electrons. The molecule has 0 fully saturated rings. The van der Waals surface area contributed by atoms with Gasteiger partial charge >= 0.3 is 0 Å². The van der Waals surface area contributed by atoms with E-state index in [0.29, 0.717) is 12.3 Å². The molecule has 0 saturated carbocycles. The highest BCUT2D eigenvalue weighted by Crippen LogP contribution is 2.19. The van der Waals surface area contributed by atoms with Crippen molar-refractivity contribution in [3.63, 3.8) is 0 Å². The molecule has 2 N–H and O–H groups in total. The van der Waals surface area contributed by atoms with Crippen molar-refractivity contribution in [3.05, 3.63) is 23.8 Å². The summed E-state index contributed by atoms with van der Waals surface area (Å²) < 4.78 is 10.1. The van der Waals surface area contributed by atoms with Gasteiger partial charge in [-0.25, -0.2) is 0 Å². The van der Waals surface area contributed by atoms with Crippen molar-refractivity contribution in [2.75, 3.05) is 26.1 Å². The lowest BCUT2D eigenvalue weighted by Gasteiger charge is -2.15. The van der Waals surface area contributed by atoms with E-state index in [4.69, 9.17) is 9.47 Å². The van der Waals surface area contributed by atoms with Crippen LogP contribution in [0.5, 0.6) is 5.75 Å². The van der Waals surface area contributed by atoms with E-state index < -0.39 is 0 Å². The number of phenols is 1. The van der Waals surface area contributed by atoms with Gasteiger partial charge in [0.2, 0.25) is 0 Å². The summed E-state index contributed by atoms with van der Waals surface area (Å²) in [5.74, 6) is 0.301. The van der Waals surface area contributed by atoms with Crippen LogP contribution in [0.4, 0.5) is 5.69 Å². The van der Waals surface area contributed by atoms with E-state index in [2.05, 4.69) is 5.32 Å². The molecule has 0 unspecified atom stereocenters. The summed E-state index contributed by atoms with van der Waals surface area (Å²) in [6.45, 7) is 2.42. The Morgan fingerprint density at radius 2 is 2.00 bits per heavy atom. The van der Waals surface area contributed by atoms with Crippen molar-refractivity contribution < 1.29 is 14.6 Å². The number of nitrogens with one attached hydrogen (secondary N) is 1. The zero-order valence-electron chi connectivity index (χ0n) is 9.28. The van der Waals surface area contributed by atoms with Crippen molar-refractivity contribution in [1.82, 2.24) is 0 Å². The zero-order chi connectivity index (χ0) is 11.3. The molecule has 0 aromatic heterocycles. The Kier molecular flexibility index (Phi) is 4.39. The molecular formula is C11H17NO3. The van der Waals surface area contributed by atoms with Gasteiger partial charge in [-0.2, -0.15) is 0 Å². The second-order valence-electron chi connectivity index (χ2n) is 3.28. The standard InChI is InChI=1S/C11H17NO3/c1-8-6-9(4-5-10(8)13)12-7-11(14-2)15-3/h4-6,11-13H,7H2,1-3H3. The molecule has 1 aromatic rings. The highest BCUT2D eigenvalue weighted by Gasteiger charge is 2.04. The van der Waals surface area contributed by atoms with Crippen molar-refractivity contribution in [2.45, 2.75) is 13.2 Å². The molecule has 0 spiro atoms. The van der Waals surface area contributed by atoms with Gasteiger partial charge in [-0.3, -0.25) is 0 Å². The van der Waals surface area contributed by atoms with E-state index in [1.165, 1.54) is 0 Å². The van der Waals surface area contributed by atoms with Gasteiger partial charge in [0, 0.05) is 19.9 Å². The monoisotopic (exact) mass is 211 g/mol. The van der Waals surface area contributed by atoms with Gasteiger partial charge in [0.25, 0.3) is 0 Å². The number of hydrogen-bond acceptors (Lipinski definition) is 4. The van der Waals surface area contributed by atoms with Crippen molar-refractivity contribution in [1.29, 1.82) is 0 Å².